The topological polar surface area (TPSA) is 40.5 Å². The number of ether oxygens (including phenoxy) is 2. The van der Waals surface area contributed by atoms with Crippen molar-refractivity contribution in [3.8, 4) is 10.8 Å². The second-order valence-corrected chi connectivity index (χ2v) is 6.72. The van der Waals surface area contributed by atoms with Crippen LogP contribution in [0, 0.1) is 12.7 Å². The van der Waals surface area contributed by atoms with Crippen LogP contribution >= 0.6 is 11.3 Å². The molecule has 2 aromatic heterocycles. The van der Waals surface area contributed by atoms with Crippen LogP contribution in [0.4, 0.5) is 26.3 Å². The minimum Gasteiger partial charge on any atom is -0.494 e. The fourth-order valence-electron chi connectivity index (χ4n) is 2.57. The van der Waals surface area contributed by atoms with Gasteiger partial charge in [0.05, 0.1) is 17.5 Å². The normalized spacial score (nSPS) is 12.4. The first kappa shape index (κ1) is 20.1. The average Bonchev–Trinajstić information content (AvgIpc) is 3.17. The summed E-state index contributed by atoms with van der Waals surface area (Å²) in [7, 11) is 1.28. The van der Waals surface area contributed by atoms with Crippen molar-refractivity contribution in [2.24, 2.45) is 0 Å². The number of aromatic nitrogens is 1. The molecule has 2 heterocycles. The average molecular weight is 423 g/mol. The molecule has 0 fully saturated rings. The van der Waals surface area contributed by atoms with E-state index in [2.05, 4.69) is 4.74 Å². The molecule has 11 heteroatoms. The van der Waals surface area contributed by atoms with Crippen LogP contribution in [0.25, 0.3) is 10.9 Å². The predicted molar refractivity (Wildman–Crippen MR) is 88.9 cm³/mol. The third-order valence-corrected chi connectivity index (χ3v) is 4.79. The van der Waals surface area contributed by atoms with Gasteiger partial charge in [0.15, 0.2) is 16.6 Å². The van der Waals surface area contributed by atoms with E-state index >= 15 is 0 Å². The molecule has 0 saturated carbocycles. The van der Waals surface area contributed by atoms with Gasteiger partial charge in [-0.1, -0.05) is 11.3 Å². The number of nitrogens with zero attached hydrogens (tertiary/aromatic N) is 1. The van der Waals surface area contributed by atoms with Crippen molar-refractivity contribution in [1.29, 1.82) is 0 Å². The maximum Gasteiger partial charge on any atom is 0.499 e. The Morgan fingerprint density at radius 3 is 2.39 bits per heavy atom. The number of fused-ring (bicyclic) bond motifs is 1. The summed E-state index contributed by atoms with van der Waals surface area (Å²) in [5.41, 5.74) is 0.529. The molecule has 3 rings (SSSR count). The van der Waals surface area contributed by atoms with Gasteiger partial charge in [0.2, 0.25) is 0 Å². The van der Waals surface area contributed by atoms with Crippen LogP contribution in [-0.2, 0) is 0 Å². The number of benzene rings is 1. The van der Waals surface area contributed by atoms with Crippen molar-refractivity contribution in [3.63, 3.8) is 0 Å². The highest BCUT2D eigenvalue weighted by atomic mass is 32.1. The maximum absolute atomic E-state index is 14.4. The van der Waals surface area contributed by atoms with Crippen LogP contribution in [0.15, 0.2) is 30.3 Å². The number of halogens is 6. The van der Waals surface area contributed by atoms with Gasteiger partial charge in [0.1, 0.15) is 0 Å². The van der Waals surface area contributed by atoms with Gasteiger partial charge in [-0.15, -0.1) is 0 Å². The summed E-state index contributed by atoms with van der Waals surface area (Å²) in [5, 5.41) is -0.686. The Labute approximate surface area is 157 Å². The number of alkyl halides is 5. The van der Waals surface area contributed by atoms with Gasteiger partial charge in [-0.05, 0) is 37.3 Å². The van der Waals surface area contributed by atoms with Crippen molar-refractivity contribution in [3.05, 3.63) is 46.7 Å². The van der Waals surface area contributed by atoms with Crippen LogP contribution in [0.1, 0.15) is 15.4 Å². The monoisotopic (exact) mass is 423 g/mol. The van der Waals surface area contributed by atoms with E-state index in [1.54, 1.807) is 0 Å². The first-order valence-corrected chi connectivity index (χ1v) is 8.40. The van der Waals surface area contributed by atoms with E-state index in [-0.39, 0.29) is 21.5 Å². The highest BCUT2D eigenvalue weighted by Crippen LogP contribution is 2.40. The van der Waals surface area contributed by atoms with E-state index in [0.717, 1.165) is 16.7 Å². The standard InChI is InChI=1S/C17H11F6NO3S/c1-8-7-9-10(3-4-11(26-2)14(9)18)24(8)15(25)12-5-6-13(28-12)27-17(22,23)16(19,20)21/h3-7H,1-2H3. The Bertz CT molecular complexity index is 1050. The van der Waals surface area contributed by atoms with E-state index in [1.807, 2.05) is 0 Å². The number of methoxy groups -OCH3 is 1. The molecular formula is C17H11F6NO3S. The molecular weight excluding hydrogens is 412 g/mol. The second kappa shape index (κ2) is 6.73. The van der Waals surface area contributed by atoms with Gasteiger partial charge in [-0.25, -0.2) is 4.39 Å². The van der Waals surface area contributed by atoms with Crippen LogP contribution in [-0.4, -0.2) is 29.9 Å². The minimum atomic E-state index is -5.90. The molecule has 3 aromatic rings. The molecule has 0 aliphatic heterocycles. The molecule has 1 aromatic carbocycles. The number of hydrogen-bond donors (Lipinski definition) is 0. The van der Waals surface area contributed by atoms with Crippen molar-refractivity contribution < 1.29 is 40.6 Å². The molecule has 0 N–H and O–H groups in total. The van der Waals surface area contributed by atoms with Gasteiger partial charge in [-0.3, -0.25) is 9.36 Å². The Kier molecular flexibility index (Phi) is 4.82. The first-order valence-electron chi connectivity index (χ1n) is 7.59. The van der Waals surface area contributed by atoms with Gasteiger partial charge >= 0.3 is 12.3 Å². The largest absolute Gasteiger partial charge is 0.499 e. The van der Waals surface area contributed by atoms with Crippen molar-refractivity contribution in [2.45, 2.75) is 19.2 Å². The molecule has 0 radical (unpaired) electrons. The predicted octanol–water partition coefficient (Wildman–Crippen LogP) is 5.38. The summed E-state index contributed by atoms with van der Waals surface area (Å²) in [6, 6.07) is 6.04. The Hall–Kier alpha value is -2.69. The lowest BCUT2D eigenvalue weighted by atomic mass is 10.2. The maximum atomic E-state index is 14.4. The SMILES string of the molecule is COc1ccc2c(cc(C)n2C(=O)c2ccc(OC(F)(F)C(F)(F)F)s2)c1F. The summed E-state index contributed by atoms with van der Waals surface area (Å²) in [6.07, 6.45) is -11.3. The number of hydrogen-bond acceptors (Lipinski definition) is 4. The van der Waals surface area contributed by atoms with E-state index in [4.69, 9.17) is 4.74 Å². The third kappa shape index (κ3) is 3.30. The molecule has 0 unspecified atom stereocenters. The molecule has 28 heavy (non-hydrogen) atoms. The zero-order valence-electron chi connectivity index (χ0n) is 14.2. The summed E-state index contributed by atoms with van der Waals surface area (Å²) >= 11 is 0.320. The number of carbonyl (C=O) groups is 1. The summed E-state index contributed by atoms with van der Waals surface area (Å²) in [6.45, 7) is 1.52. The molecule has 0 amide bonds. The molecule has 0 aliphatic carbocycles. The van der Waals surface area contributed by atoms with E-state index in [1.165, 1.54) is 32.2 Å². The Morgan fingerprint density at radius 2 is 1.79 bits per heavy atom. The lowest BCUT2D eigenvalue weighted by Gasteiger charge is -2.18. The third-order valence-electron chi connectivity index (χ3n) is 3.84. The fraction of sp³-hybridized carbons (Fsp3) is 0.235. The smallest absolute Gasteiger partial charge is 0.494 e. The van der Waals surface area contributed by atoms with Crippen molar-refractivity contribution in [1.82, 2.24) is 4.57 Å². The fourth-order valence-corrected chi connectivity index (χ4v) is 3.38. The number of aryl methyl sites for hydroxylation is 1. The van der Waals surface area contributed by atoms with E-state index in [0.29, 0.717) is 17.0 Å². The minimum absolute atomic E-state index is 0.0294. The number of carbonyl (C=O) groups excluding carboxylic acids is 1. The zero-order chi connectivity index (χ0) is 20.9. The molecule has 4 nitrogen and oxygen atoms in total. The van der Waals surface area contributed by atoms with E-state index in [9.17, 15) is 31.1 Å². The number of rotatable bonds is 4. The zero-order valence-corrected chi connectivity index (χ0v) is 15.1. The van der Waals surface area contributed by atoms with Crippen LogP contribution in [0.2, 0.25) is 0 Å². The van der Waals surface area contributed by atoms with Crippen molar-refractivity contribution >= 4 is 28.1 Å². The van der Waals surface area contributed by atoms with E-state index < -0.39 is 29.1 Å². The highest BCUT2D eigenvalue weighted by molar-refractivity contribution is 7.15. The van der Waals surface area contributed by atoms with Gasteiger partial charge in [0, 0.05) is 11.1 Å². The van der Waals surface area contributed by atoms with Crippen LogP contribution in [0.5, 0.6) is 10.8 Å². The lowest BCUT2D eigenvalue weighted by Crippen LogP contribution is -2.41. The van der Waals surface area contributed by atoms with Gasteiger partial charge in [0.25, 0.3) is 5.91 Å². The van der Waals surface area contributed by atoms with Gasteiger partial charge in [-0.2, -0.15) is 22.0 Å². The second-order valence-electron chi connectivity index (χ2n) is 5.68. The molecule has 0 saturated heterocycles. The summed E-state index contributed by atoms with van der Waals surface area (Å²) in [5.74, 6) is -1.44. The Morgan fingerprint density at radius 1 is 1.11 bits per heavy atom. The molecule has 0 bridgehead atoms. The summed E-state index contributed by atoms with van der Waals surface area (Å²) < 4.78 is 86.8. The highest BCUT2D eigenvalue weighted by Gasteiger charge is 2.61. The Balaban J connectivity index is 1.97. The quantitative estimate of drug-likeness (QED) is 0.529. The first-order chi connectivity index (χ1) is 13.0. The molecule has 0 atom stereocenters. The van der Waals surface area contributed by atoms with Crippen LogP contribution in [0.3, 0.4) is 0 Å². The van der Waals surface area contributed by atoms with Gasteiger partial charge < -0.3 is 9.47 Å². The van der Waals surface area contributed by atoms with Crippen LogP contribution < -0.4 is 9.47 Å². The molecule has 0 aliphatic rings. The lowest BCUT2D eigenvalue weighted by molar-refractivity contribution is -0.359. The molecule has 0 spiro atoms. The molecule has 150 valence electrons. The van der Waals surface area contributed by atoms with Crippen molar-refractivity contribution in [2.75, 3.05) is 7.11 Å². The number of thiophene rings is 1. The summed E-state index contributed by atoms with van der Waals surface area (Å²) in [4.78, 5) is 12.6.